The zero-order valence-electron chi connectivity index (χ0n) is 22.5. The largest absolute Gasteiger partial charge is 0.476 e. The number of esters is 1. The van der Waals surface area contributed by atoms with Crippen molar-refractivity contribution in [1.82, 2.24) is 19.4 Å². The molecule has 3 aromatic rings. The van der Waals surface area contributed by atoms with E-state index in [0.29, 0.717) is 40.7 Å². The summed E-state index contributed by atoms with van der Waals surface area (Å²) in [6.45, 7) is 6.80. The first-order chi connectivity index (χ1) is 18.1. The van der Waals surface area contributed by atoms with Gasteiger partial charge in [-0.2, -0.15) is 4.98 Å². The maximum Gasteiger partial charge on any atom is 0.344 e. The van der Waals surface area contributed by atoms with E-state index < -0.39 is 5.97 Å². The Bertz CT molecular complexity index is 1350. The number of anilines is 3. The van der Waals surface area contributed by atoms with Gasteiger partial charge in [-0.1, -0.05) is 25.4 Å². The first kappa shape index (κ1) is 27.7. The second kappa shape index (κ2) is 12.0. The summed E-state index contributed by atoms with van der Waals surface area (Å²) in [5, 5.41) is 4.44. The third kappa shape index (κ3) is 6.73. The lowest BCUT2D eigenvalue weighted by Gasteiger charge is -2.35. The second-order valence-electron chi connectivity index (χ2n) is 10.3. The second-order valence-corrected chi connectivity index (χ2v) is 10.7. The highest BCUT2D eigenvalue weighted by molar-refractivity contribution is 6.32. The summed E-state index contributed by atoms with van der Waals surface area (Å²) in [4.78, 5) is 38.1. The molecule has 0 aliphatic carbocycles. The van der Waals surface area contributed by atoms with Gasteiger partial charge in [0.25, 0.3) is 5.56 Å². The van der Waals surface area contributed by atoms with E-state index in [1.165, 1.54) is 11.0 Å². The minimum Gasteiger partial charge on any atom is -0.476 e. The van der Waals surface area contributed by atoms with Gasteiger partial charge in [-0.25, -0.2) is 9.78 Å². The fourth-order valence-corrected chi connectivity index (χ4v) is 4.85. The van der Waals surface area contributed by atoms with Crippen LogP contribution < -0.4 is 20.5 Å². The maximum atomic E-state index is 12.8. The van der Waals surface area contributed by atoms with Gasteiger partial charge in [-0.3, -0.25) is 4.79 Å². The van der Waals surface area contributed by atoms with Gasteiger partial charge >= 0.3 is 5.97 Å². The van der Waals surface area contributed by atoms with Crippen molar-refractivity contribution in [3.63, 3.8) is 0 Å². The Morgan fingerprint density at radius 2 is 1.95 bits per heavy atom. The predicted octanol–water partition coefficient (Wildman–Crippen LogP) is 3.69. The van der Waals surface area contributed by atoms with E-state index in [0.717, 1.165) is 24.2 Å². The van der Waals surface area contributed by atoms with Crippen LogP contribution in [-0.2, 0) is 16.6 Å². The molecule has 1 aromatic carbocycles. The molecule has 0 spiro atoms. The molecule has 0 radical (unpaired) electrons. The molecule has 2 aromatic heterocycles. The van der Waals surface area contributed by atoms with E-state index in [2.05, 4.69) is 29.0 Å². The smallest absolute Gasteiger partial charge is 0.344 e. The summed E-state index contributed by atoms with van der Waals surface area (Å²) in [7, 11) is 5.44. The molecule has 0 bridgehead atoms. The van der Waals surface area contributed by atoms with Gasteiger partial charge in [0.1, 0.15) is 11.6 Å². The fraction of sp³-hybridized carbons (Fsp3) is 0.481. The molecule has 204 valence electrons. The monoisotopic (exact) mass is 542 g/mol. The molecular weight excluding hydrogens is 508 g/mol. The van der Waals surface area contributed by atoms with Crippen molar-refractivity contribution in [2.45, 2.75) is 20.3 Å². The van der Waals surface area contributed by atoms with Gasteiger partial charge < -0.3 is 29.2 Å². The summed E-state index contributed by atoms with van der Waals surface area (Å²) < 4.78 is 12.2. The molecule has 0 saturated carbocycles. The Morgan fingerprint density at radius 3 is 2.66 bits per heavy atom. The Balaban J connectivity index is 1.52. The lowest BCUT2D eigenvalue weighted by molar-refractivity contribution is -0.146. The number of rotatable bonds is 9. The molecule has 38 heavy (non-hydrogen) atoms. The number of carbonyl (C=O) groups is 1. The molecule has 11 heteroatoms. The van der Waals surface area contributed by atoms with Crippen molar-refractivity contribution in [3.05, 3.63) is 45.8 Å². The Labute approximate surface area is 227 Å². The average molecular weight is 543 g/mol. The molecule has 1 saturated heterocycles. The fourth-order valence-electron chi connectivity index (χ4n) is 4.72. The minimum atomic E-state index is -0.531. The summed E-state index contributed by atoms with van der Waals surface area (Å²) in [6.07, 6.45) is 2.81. The zero-order chi connectivity index (χ0) is 27.4. The number of nitrogens with zero attached hydrogens (tertiary/aromatic N) is 5. The lowest BCUT2D eigenvalue weighted by Crippen LogP contribution is -2.39. The number of ether oxygens (including phenoxy) is 2. The van der Waals surface area contributed by atoms with Crippen molar-refractivity contribution >= 4 is 45.9 Å². The zero-order valence-corrected chi connectivity index (χ0v) is 23.3. The number of halogens is 1. The summed E-state index contributed by atoms with van der Waals surface area (Å²) in [5.74, 6) is 1.82. The van der Waals surface area contributed by atoms with Gasteiger partial charge in [0, 0.05) is 37.8 Å². The number of fused-ring (bicyclic) bond motifs is 1. The van der Waals surface area contributed by atoms with E-state index in [4.69, 9.17) is 26.1 Å². The highest BCUT2D eigenvalue weighted by Crippen LogP contribution is 2.29. The molecule has 10 nitrogen and oxygen atoms in total. The molecule has 1 aliphatic heterocycles. The lowest BCUT2D eigenvalue weighted by atomic mass is 9.92. The van der Waals surface area contributed by atoms with Crippen molar-refractivity contribution in [3.8, 4) is 5.75 Å². The van der Waals surface area contributed by atoms with Crippen LogP contribution in [-0.4, -0.2) is 72.3 Å². The van der Waals surface area contributed by atoms with E-state index in [9.17, 15) is 9.59 Å². The molecule has 0 unspecified atom stereocenters. The minimum absolute atomic E-state index is 0.0670. The van der Waals surface area contributed by atoms with Crippen molar-refractivity contribution < 1.29 is 14.3 Å². The Morgan fingerprint density at radius 1 is 1.21 bits per heavy atom. The first-order valence-electron chi connectivity index (χ1n) is 12.7. The summed E-state index contributed by atoms with van der Waals surface area (Å²) in [5.41, 5.74) is 1.11. The van der Waals surface area contributed by atoms with E-state index in [-0.39, 0.29) is 24.5 Å². The Hall–Kier alpha value is -3.37. The van der Waals surface area contributed by atoms with Gasteiger partial charge in [0.2, 0.25) is 5.95 Å². The maximum absolute atomic E-state index is 12.8. The van der Waals surface area contributed by atoms with Gasteiger partial charge in [-0.05, 0) is 56.6 Å². The number of benzene rings is 1. The number of piperidine rings is 1. The topological polar surface area (TPSA) is 102 Å². The first-order valence-corrected chi connectivity index (χ1v) is 13.1. The molecule has 1 N–H and O–H groups in total. The highest BCUT2D eigenvalue weighted by atomic mass is 35.5. The normalized spacial score (nSPS) is 17.6. The van der Waals surface area contributed by atoms with Crippen LogP contribution in [0.15, 0.2) is 35.3 Å². The van der Waals surface area contributed by atoms with Gasteiger partial charge in [0.15, 0.2) is 18.2 Å². The third-order valence-corrected chi connectivity index (χ3v) is 6.76. The predicted molar refractivity (Wildman–Crippen MR) is 150 cm³/mol. The molecular formula is C27H35ClN6O4. The SMILES string of the molecule is C[C@@H]1C[C@H](C)CN(c2ncc(Cl)c(Nc3ccc4c(c3)cc(OCC(=O)OCCN(C)C)c(=O)n4C)n2)C1. The van der Waals surface area contributed by atoms with Crippen molar-refractivity contribution in [2.24, 2.45) is 18.9 Å². The number of nitrogens with one attached hydrogen (secondary N) is 1. The van der Waals surface area contributed by atoms with E-state index >= 15 is 0 Å². The van der Waals surface area contributed by atoms with Crippen LogP contribution in [0.2, 0.25) is 5.02 Å². The summed E-state index contributed by atoms with van der Waals surface area (Å²) in [6, 6.07) is 7.19. The quantitative estimate of drug-likeness (QED) is 0.405. The highest BCUT2D eigenvalue weighted by Gasteiger charge is 2.24. The molecule has 1 aliphatic rings. The number of carbonyl (C=O) groups excluding carboxylic acids is 1. The van der Waals surface area contributed by atoms with Crippen LogP contribution in [0.1, 0.15) is 20.3 Å². The van der Waals surface area contributed by atoms with Gasteiger partial charge in [0.05, 0.1) is 11.7 Å². The van der Waals surface area contributed by atoms with Crippen LogP contribution in [0.5, 0.6) is 5.75 Å². The Kier molecular flexibility index (Phi) is 8.73. The van der Waals surface area contributed by atoms with E-state index in [1.807, 2.05) is 37.2 Å². The van der Waals surface area contributed by atoms with Crippen LogP contribution >= 0.6 is 11.6 Å². The van der Waals surface area contributed by atoms with E-state index in [1.54, 1.807) is 19.3 Å². The van der Waals surface area contributed by atoms with Gasteiger partial charge in [-0.15, -0.1) is 0 Å². The number of hydrogen-bond acceptors (Lipinski definition) is 9. The number of hydrogen-bond donors (Lipinski definition) is 1. The average Bonchev–Trinajstić information content (AvgIpc) is 2.86. The molecule has 0 amide bonds. The van der Waals surface area contributed by atoms with Crippen LogP contribution in [0.25, 0.3) is 10.9 Å². The number of pyridine rings is 1. The molecule has 3 heterocycles. The number of aryl methyl sites for hydroxylation is 1. The molecule has 2 atom stereocenters. The van der Waals surface area contributed by atoms with Crippen LogP contribution in [0, 0.1) is 11.8 Å². The van der Waals surface area contributed by atoms with Crippen molar-refractivity contribution in [2.75, 3.05) is 57.2 Å². The molecule has 1 fully saturated rings. The number of aromatic nitrogens is 3. The summed E-state index contributed by atoms with van der Waals surface area (Å²) >= 11 is 6.44. The standard InChI is InChI=1S/C27H35ClN6O4/c1-17-10-18(2)15-34(14-17)27-29-13-21(28)25(31-27)30-20-6-7-22-19(11-20)12-23(26(36)33(22)5)38-16-24(35)37-9-8-32(3)4/h6-7,11-13,17-18H,8-10,14-16H2,1-5H3,(H,29,30,31)/t17-,18+. The van der Waals surface area contributed by atoms with Crippen molar-refractivity contribution in [1.29, 1.82) is 0 Å². The third-order valence-electron chi connectivity index (χ3n) is 6.48. The van der Waals surface area contributed by atoms with Crippen LogP contribution in [0.3, 0.4) is 0 Å². The van der Waals surface area contributed by atoms with Crippen LogP contribution in [0.4, 0.5) is 17.5 Å². The molecule has 4 rings (SSSR count). The number of likely N-dealkylation sites (N-methyl/N-ethyl adjacent to an activating group) is 1.